The molecule has 5 nitrogen and oxygen atoms in total. The third kappa shape index (κ3) is 5.12. The largest absolute Gasteiger partial charge is 0.489 e. The zero-order chi connectivity index (χ0) is 17.4. The number of hydrogen-bond donors (Lipinski definition) is 0. The molecule has 0 unspecified atom stereocenters. The molecule has 0 amide bonds. The van der Waals surface area contributed by atoms with E-state index in [1.54, 1.807) is 18.2 Å². The second-order valence-electron chi connectivity index (χ2n) is 5.55. The summed E-state index contributed by atoms with van der Waals surface area (Å²) in [7, 11) is 1.95. The van der Waals surface area contributed by atoms with E-state index in [0.29, 0.717) is 17.9 Å². The van der Waals surface area contributed by atoms with Gasteiger partial charge in [0.15, 0.2) is 0 Å². The average molecular weight is 326 g/mol. The van der Waals surface area contributed by atoms with E-state index < -0.39 is 0 Å². The molecule has 0 heterocycles. The minimum Gasteiger partial charge on any atom is -0.489 e. The van der Waals surface area contributed by atoms with Crippen LogP contribution >= 0.6 is 0 Å². The third-order valence-electron chi connectivity index (χ3n) is 3.53. The predicted octanol–water partition coefficient (Wildman–Crippen LogP) is 4.49. The Balaban J connectivity index is 2.12. The maximum absolute atomic E-state index is 11.3. The van der Waals surface area contributed by atoms with Crippen LogP contribution in [0.1, 0.15) is 24.5 Å². The van der Waals surface area contributed by atoms with E-state index in [9.17, 15) is 10.1 Å². The van der Waals surface area contributed by atoms with Crippen molar-refractivity contribution in [1.29, 1.82) is 0 Å². The van der Waals surface area contributed by atoms with Crippen LogP contribution in [0.2, 0.25) is 0 Å². The van der Waals surface area contributed by atoms with Crippen LogP contribution in [-0.2, 0) is 6.61 Å². The number of nitro benzene ring substituents is 1. The van der Waals surface area contributed by atoms with Crippen LogP contribution in [0.25, 0.3) is 6.08 Å². The van der Waals surface area contributed by atoms with Gasteiger partial charge in [0.25, 0.3) is 5.69 Å². The molecule has 0 saturated heterocycles. The van der Waals surface area contributed by atoms with E-state index in [1.807, 2.05) is 48.5 Å². The summed E-state index contributed by atoms with van der Waals surface area (Å²) in [5, 5.41) is 11.3. The Hall–Kier alpha value is -2.82. The van der Waals surface area contributed by atoms with Crippen LogP contribution in [0, 0.1) is 10.1 Å². The molecule has 0 radical (unpaired) electrons. The van der Waals surface area contributed by atoms with Crippen LogP contribution in [-0.4, -0.2) is 23.4 Å². The van der Waals surface area contributed by atoms with E-state index in [0.717, 1.165) is 18.5 Å². The molecule has 2 aromatic carbocycles. The van der Waals surface area contributed by atoms with E-state index in [-0.39, 0.29) is 10.6 Å². The number of hydrogen-bond acceptors (Lipinski definition) is 4. The number of nitro groups is 1. The van der Waals surface area contributed by atoms with Crippen LogP contribution in [0.5, 0.6) is 5.75 Å². The summed E-state index contributed by atoms with van der Waals surface area (Å²) in [6.45, 7) is 3.38. The molecule has 0 fully saturated rings. The maximum atomic E-state index is 11.3. The van der Waals surface area contributed by atoms with Gasteiger partial charge in [-0.3, -0.25) is 10.1 Å². The minimum absolute atomic E-state index is 0.0433. The number of nitrogens with zero attached hydrogens (tertiary/aromatic N) is 2. The minimum atomic E-state index is -0.380. The van der Waals surface area contributed by atoms with Crippen LogP contribution in [0.4, 0.5) is 5.69 Å². The Kier molecular flexibility index (Phi) is 6.37. The molecule has 0 aliphatic heterocycles. The van der Waals surface area contributed by atoms with Gasteiger partial charge < -0.3 is 9.64 Å². The first-order chi connectivity index (χ1) is 11.6. The highest BCUT2D eigenvalue weighted by Crippen LogP contribution is 2.26. The van der Waals surface area contributed by atoms with E-state index in [4.69, 9.17) is 4.74 Å². The first-order valence-corrected chi connectivity index (χ1v) is 7.93. The molecule has 0 spiro atoms. The zero-order valence-electron chi connectivity index (χ0n) is 14.0. The molecule has 24 heavy (non-hydrogen) atoms. The molecular formula is C19H22N2O3. The SMILES string of the molecule is CCCN(C)/C=C/c1ccc(OCc2ccccc2)cc1[N+](=O)[O-]. The van der Waals surface area contributed by atoms with Crippen LogP contribution < -0.4 is 4.74 Å². The normalized spacial score (nSPS) is 10.8. The van der Waals surface area contributed by atoms with E-state index >= 15 is 0 Å². The number of ether oxygens (including phenoxy) is 1. The van der Waals surface area contributed by atoms with Crippen molar-refractivity contribution in [3.63, 3.8) is 0 Å². The molecule has 5 heteroatoms. The molecule has 0 atom stereocenters. The lowest BCUT2D eigenvalue weighted by atomic mass is 10.1. The van der Waals surface area contributed by atoms with Crippen molar-refractivity contribution in [2.45, 2.75) is 20.0 Å². The zero-order valence-corrected chi connectivity index (χ0v) is 14.0. The topological polar surface area (TPSA) is 55.6 Å². The highest BCUT2D eigenvalue weighted by atomic mass is 16.6. The fourth-order valence-corrected chi connectivity index (χ4v) is 2.29. The average Bonchev–Trinajstić information content (AvgIpc) is 2.59. The summed E-state index contributed by atoms with van der Waals surface area (Å²) in [6.07, 6.45) is 4.64. The lowest BCUT2D eigenvalue weighted by Crippen LogP contribution is -2.10. The monoisotopic (exact) mass is 326 g/mol. The Bertz CT molecular complexity index is 699. The quantitative estimate of drug-likeness (QED) is 0.530. The molecule has 0 N–H and O–H groups in total. The van der Waals surface area contributed by atoms with Crippen molar-refractivity contribution in [3.8, 4) is 5.75 Å². The molecule has 126 valence electrons. The van der Waals surface area contributed by atoms with Gasteiger partial charge in [-0.05, 0) is 36.4 Å². The van der Waals surface area contributed by atoms with Crippen molar-refractivity contribution >= 4 is 11.8 Å². The second kappa shape index (κ2) is 8.72. The summed E-state index contributed by atoms with van der Waals surface area (Å²) in [6, 6.07) is 14.7. The summed E-state index contributed by atoms with van der Waals surface area (Å²) in [5.74, 6) is 0.490. The van der Waals surface area contributed by atoms with Gasteiger partial charge >= 0.3 is 0 Å². The van der Waals surface area contributed by atoms with Gasteiger partial charge in [-0.2, -0.15) is 0 Å². The van der Waals surface area contributed by atoms with Crippen LogP contribution in [0.3, 0.4) is 0 Å². The summed E-state index contributed by atoms with van der Waals surface area (Å²) in [4.78, 5) is 12.9. The molecule has 0 aliphatic carbocycles. The summed E-state index contributed by atoms with van der Waals surface area (Å²) < 4.78 is 5.66. The van der Waals surface area contributed by atoms with Gasteiger partial charge in [-0.1, -0.05) is 37.3 Å². The fourth-order valence-electron chi connectivity index (χ4n) is 2.29. The van der Waals surface area contributed by atoms with Gasteiger partial charge in [0.05, 0.1) is 16.6 Å². The van der Waals surface area contributed by atoms with Gasteiger partial charge in [0.2, 0.25) is 0 Å². The molecule has 2 aromatic rings. The van der Waals surface area contributed by atoms with Crippen molar-refractivity contribution in [2.24, 2.45) is 0 Å². The first-order valence-electron chi connectivity index (χ1n) is 7.93. The summed E-state index contributed by atoms with van der Waals surface area (Å²) >= 11 is 0. The van der Waals surface area contributed by atoms with Crippen molar-refractivity contribution in [3.05, 3.63) is 76.0 Å². The highest BCUT2D eigenvalue weighted by molar-refractivity contribution is 5.62. The summed E-state index contributed by atoms with van der Waals surface area (Å²) in [5.41, 5.74) is 1.63. The van der Waals surface area contributed by atoms with Gasteiger partial charge in [0, 0.05) is 13.6 Å². The van der Waals surface area contributed by atoms with E-state index in [1.165, 1.54) is 6.07 Å². The Morgan fingerprint density at radius 2 is 1.96 bits per heavy atom. The number of rotatable bonds is 8. The maximum Gasteiger partial charge on any atom is 0.280 e. The molecular weight excluding hydrogens is 304 g/mol. The first kappa shape index (κ1) is 17.5. The molecule has 0 bridgehead atoms. The molecule has 0 aliphatic rings. The smallest absolute Gasteiger partial charge is 0.280 e. The second-order valence-corrected chi connectivity index (χ2v) is 5.55. The van der Waals surface area contributed by atoms with Gasteiger partial charge in [-0.25, -0.2) is 0 Å². The fraction of sp³-hybridized carbons (Fsp3) is 0.263. The van der Waals surface area contributed by atoms with Gasteiger partial charge in [-0.15, -0.1) is 0 Å². The van der Waals surface area contributed by atoms with Crippen molar-refractivity contribution in [1.82, 2.24) is 4.90 Å². The van der Waals surface area contributed by atoms with Gasteiger partial charge in [0.1, 0.15) is 12.4 Å². The Labute approximate surface area is 142 Å². The lowest BCUT2D eigenvalue weighted by Gasteiger charge is -2.11. The van der Waals surface area contributed by atoms with Crippen molar-refractivity contribution < 1.29 is 9.66 Å². The number of benzene rings is 2. The lowest BCUT2D eigenvalue weighted by molar-refractivity contribution is -0.385. The standard InChI is InChI=1S/C19H22N2O3/c1-3-12-20(2)13-11-17-9-10-18(14-19(17)21(22)23)24-15-16-7-5-4-6-8-16/h4-11,13-14H,3,12,15H2,1-2H3/b13-11+. The molecule has 0 aromatic heterocycles. The molecule has 2 rings (SSSR count). The van der Waals surface area contributed by atoms with Crippen molar-refractivity contribution in [2.75, 3.05) is 13.6 Å². The Morgan fingerprint density at radius 3 is 2.62 bits per heavy atom. The Morgan fingerprint density at radius 1 is 1.21 bits per heavy atom. The van der Waals surface area contributed by atoms with E-state index in [2.05, 4.69) is 6.92 Å². The predicted molar refractivity (Wildman–Crippen MR) is 95.8 cm³/mol. The molecule has 0 saturated carbocycles. The highest BCUT2D eigenvalue weighted by Gasteiger charge is 2.13. The third-order valence-corrected chi connectivity index (χ3v) is 3.53. The van der Waals surface area contributed by atoms with Crippen LogP contribution in [0.15, 0.2) is 54.7 Å².